The fourth-order valence-electron chi connectivity index (χ4n) is 3.85. The third kappa shape index (κ3) is 3.64. The van der Waals surface area contributed by atoms with Crippen molar-refractivity contribution >= 4 is 11.8 Å². The van der Waals surface area contributed by atoms with E-state index in [-0.39, 0.29) is 11.8 Å². The first-order valence-electron chi connectivity index (χ1n) is 8.92. The molecule has 0 saturated carbocycles. The molecule has 3 rings (SSSR count). The van der Waals surface area contributed by atoms with Gasteiger partial charge in [-0.3, -0.25) is 14.5 Å². The molecule has 2 amide bonds. The molecular weight excluding hydrogens is 306 g/mol. The predicted molar refractivity (Wildman–Crippen MR) is 90.7 cm³/mol. The third-order valence-corrected chi connectivity index (χ3v) is 5.23. The molecule has 6 nitrogen and oxygen atoms in total. The molecule has 6 heteroatoms. The van der Waals surface area contributed by atoms with E-state index in [1.165, 1.54) is 12.7 Å². The summed E-state index contributed by atoms with van der Waals surface area (Å²) in [6.07, 6.45) is 4.92. The van der Waals surface area contributed by atoms with Crippen LogP contribution in [0.5, 0.6) is 0 Å². The van der Waals surface area contributed by atoms with Crippen molar-refractivity contribution in [1.82, 2.24) is 14.7 Å². The van der Waals surface area contributed by atoms with Crippen LogP contribution in [0.15, 0.2) is 22.8 Å². The van der Waals surface area contributed by atoms with Gasteiger partial charge in [0.25, 0.3) is 5.91 Å². The number of amides is 2. The van der Waals surface area contributed by atoms with Crippen LogP contribution in [-0.2, 0) is 4.79 Å². The minimum absolute atomic E-state index is 0.0655. The summed E-state index contributed by atoms with van der Waals surface area (Å²) in [5, 5.41) is 0. The van der Waals surface area contributed by atoms with Crippen molar-refractivity contribution < 1.29 is 14.0 Å². The van der Waals surface area contributed by atoms with Gasteiger partial charge in [-0.2, -0.15) is 0 Å². The lowest BCUT2D eigenvalue weighted by Crippen LogP contribution is -2.54. The summed E-state index contributed by atoms with van der Waals surface area (Å²) < 4.78 is 5.18. The van der Waals surface area contributed by atoms with E-state index in [0.717, 1.165) is 25.9 Å². The number of carbonyl (C=O) groups is 2. The number of likely N-dealkylation sites (tertiary alicyclic amines) is 1. The van der Waals surface area contributed by atoms with Crippen LogP contribution in [0.4, 0.5) is 0 Å². The van der Waals surface area contributed by atoms with E-state index in [9.17, 15) is 9.59 Å². The van der Waals surface area contributed by atoms with Crippen molar-refractivity contribution in [2.45, 2.75) is 45.2 Å². The Balaban J connectivity index is 1.50. The van der Waals surface area contributed by atoms with E-state index in [2.05, 4.69) is 23.6 Å². The van der Waals surface area contributed by atoms with Crippen LogP contribution < -0.4 is 0 Å². The van der Waals surface area contributed by atoms with Gasteiger partial charge in [0.1, 0.15) is 0 Å². The molecule has 0 N–H and O–H groups in total. The largest absolute Gasteiger partial charge is 0.459 e. The number of hydrogen-bond donors (Lipinski definition) is 0. The number of furan rings is 1. The van der Waals surface area contributed by atoms with Gasteiger partial charge in [0, 0.05) is 38.3 Å². The summed E-state index contributed by atoms with van der Waals surface area (Å²) in [5.41, 5.74) is 0. The molecule has 1 aromatic heterocycles. The molecule has 0 radical (unpaired) electrons. The first-order valence-corrected chi connectivity index (χ1v) is 8.92. The second-order valence-corrected chi connectivity index (χ2v) is 6.98. The monoisotopic (exact) mass is 333 g/mol. The van der Waals surface area contributed by atoms with Crippen LogP contribution in [0.2, 0.25) is 0 Å². The lowest BCUT2D eigenvalue weighted by molar-refractivity contribution is -0.138. The summed E-state index contributed by atoms with van der Waals surface area (Å²) in [6, 6.07) is 4.09. The van der Waals surface area contributed by atoms with E-state index in [1.807, 2.05) is 0 Å². The van der Waals surface area contributed by atoms with E-state index in [4.69, 9.17) is 4.42 Å². The Bertz CT molecular complexity index is 554. The molecule has 2 aliphatic heterocycles. The smallest absolute Gasteiger partial charge is 0.289 e. The van der Waals surface area contributed by atoms with Crippen molar-refractivity contribution in [3.05, 3.63) is 24.2 Å². The average molecular weight is 333 g/mol. The fraction of sp³-hybridized carbons (Fsp3) is 0.667. The first-order chi connectivity index (χ1) is 11.6. The molecule has 132 valence electrons. The number of hydrogen-bond acceptors (Lipinski definition) is 4. The van der Waals surface area contributed by atoms with Gasteiger partial charge in [-0.25, -0.2) is 0 Å². The number of carbonyl (C=O) groups excluding carboxylic acids is 2. The quantitative estimate of drug-likeness (QED) is 0.847. The summed E-state index contributed by atoms with van der Waals surface area (Å²) in [7, 11) is 0. The van der Waals surface area contributed by atoms with Crippen molar-refractivity contribution in [2.75, 3.05) is 32.7 Å². The highest BCUT2D eigenvalue weighted by Gasteiger charge is 2.31. The second kappa shape index (κ2) is 7.38. The van der Waals surface area contributed by atoms with Crippen molar-refractivity contribution in [3.63, 3.8) is 0 Å². The summed E-state index contributed by atoms with van der Waals surface area (Å²) in [5.74, 6) is 0.542. The first kappa shape index (κ1) is 17.0. The average Bonchev–Trinajstić information content (AvgIpc) is 3.09. The van der Waals surface area contributed by atoms with Gasteiger partial charge in [-0.05, 0) is 45.2 Å². The van der Waals surface area contributed by atoms with Crippen LogP contribution in [0, 0.1) is 0 Å². The second-order valence-electron chi connectivity index (χ2n) is 6.98. The normalized spacial score (nSPS) is 25.8. The maximum atomic E-state index is 12.7. The van der Waals surface area contributed by atoms with E-state index in [1.54, 1.807) is 17.0 Å². The minimum atomic E-state index is -0.0655. The molecule has 0 spiro atoms. The van der Waals surface area contributed by atoms with Gasteiger partial charge < -0.3 is 14.2 Å². The molecule has 3 heterocycles. The summed E-state index contributed by atoms with van der Waals surface area (Å²) in [4.78, 5) is 31.0. The van der Waals surface area contributed by atoms with E-state index >= 15 is 0 Å². The Morgan fingerprint density at radius 3 is 2.38 bits per heavy atom. The molecular formula is C18H27N3O3. The molecule has 0 aromatic carbocycles. The highest BCUT2D eigenvalue weighted by Crippen LogP contribution is 2.22. The molecule has 0 bridgehead atoms. The zero-order valence-corrected chi connectivity index (χ0v) is 14.6. The number of piperazine rings is 1. The standard InChI is InChI=1S/C18H27N3O3/c1-14-5-3-6-15(2)21(14)17(22)13-19-8-10-20(11-9-19)18(23)16-7-4-12-24-16/h4,7,12,14-15H,3,5-6,8-11,13H2,1-2H3. The Hall–Kier alpha value is -1.82. The molecule has 2 saturated heterocycles. The zero-order chi connectivity index (χ0) is 17.1. The Morgan fingerprint density at radius 1 is 1.12 bits per heavy atom. The van der Waals surface area contributed by atoms with Gasteiger partial charge in [-0.15, -0.1) is 0 Å². The van der Waals surface area contributed by atoms with Crippen molar-refractivity contribution in [3.8, 4) is 0 Å². The van der Waals surface area contributed by atoms with Crippen LogP contribution in [-0.4, -0.2) is 71.3 Å². The van der Waals surface area contributed by atoms with Gasteiger partial charge in [0.15, 0.2) is 5.76 Å². The van der Waals surface area contributed by atoms with Crippen molar-refractivity contribution in [2.24, 2.45) is 0 Å². The topological polar surface area (TPSA) is 57.0 Å². The molecule has 2 unspecified atom stereocenters. The summed E-state index contributed by atoms with van der Waals surface area (Å²) in [6.45, 7) is 7.48. The van der Waals surface area contributed by atoms with Crippen LogP contribution in [0.3, 0.4) is 0 Å². The molecule has 2 fully saturated rings. The van der Waals surface area contributed by atoms with E-state index in [0.29, 0.717) is 37.5 Å². The third-order valence-electron chi connectivity index (χ3n) is 5.23. The Morgan fingerprint density at radius 2 is 1.79 bits per heavy atom. The maximum Gasteiger partial charge on any atom is 0.289 e. The number of piperidine rings is 1. The fourth-order valence-corrected chi connectivity index (χ4v) is 3.85. The number of nitrogens with zero attached hydrogens (tertiary/aromatic N) is 3. The van der Waals surface area contributed by atoms with Gasteiger partial charge in [0.05, 0.1) is 12.8 Å². The molecule has 0 aliphatic carbocycles. The van der Waals surface area contributed by atoms with Gasteiger partial charge in [-0.1, -0.05) is 0 Å². The molecule has 24 heavy (non-hydrogen) atoms. The van der Waals surface area contributed by atoms with Crippen molar-refractivity contribution in [1.29, 1.82) is 0 Å². The van der Waals surface area contributed by atoms with Crippen LogP contribution in [0.1, 0.15) is 43.7 Å². The predicted octanol–water partition coefficient (Wildman–Crippen LogP) is 1.83. The molecule has 2 atom stereocenters. The van der Waals surface area contributed by atoms with Crippen LogP contribution >= 0.6 is 0 Å². The highest BCUT2D eigenvalue weighted by molar-refractivity contribution is 5.91. The maximum absolute atomic E-state index is 12.7. The Kier molecular flexibility index (Phi) is 5.23. The van der Waals surface area contributed by atoms with E-state index < -0.39 is 0 Å². The number of rotatable bonds is 3. The summed E-state index contributed by atoms with van der Waals surface area (Å²) >= 11 is 0. The van der Waals surface area contributed by atoms with Gasteiger partial charge in [0.2, 0.25) is 5.91 Å². The zero-order valence-electron chi connectivity index (χ0n) is 14.6. The Labute approximate surface area is 143 Å². The minimum Gasteiger partial charge on any atom is -0.459 e. The molecule has 2 aliphatic rings. The lowest BCUT2D eigenvalue weighted by Gasteiger charge is -2.41. The SMILES string of the molecule is CC1CCCC(C)N1C(=O)CN1CCN(C(=O)c2ccco2)CC1. The van der Waals surface area contributed by atoms with Crippen LogP contribution in [0.25, 0.3) is 0 Å². The molecule has 1 aromatic rings. The van der Waals surface area contributed by atoms with Gasteiger partial charge >= 0.3 is 0 Å². The highest BCUT2D eigenvalue weighted by atomic mass is 16.3. The lowest BCUT2D eigenvalue weighted by atomic mass is 9.97.